The summed E-state index contributed by atoms with van der Waals surface area (Å²) in [7, 11) is 3.25. The normalized spacial score (nSPS) is 11.9. The van der Waals surface area contributed by atoms with Crippen molar-refractivity contribution < 1.29 is 14.5 Å². The number of amides is 1. The second-order valence-electron chi connectivity index (χ2n) is 5.85. The third-order valence-electron chi connectivity index (χ3n) is 4.01. The number of nitrogens with zero attached hydrogens (tertiary/aromatic N) is 2. The smallest absolute Gasteiger partial charge is 0.271 e. The van der Waals surface area contributed by atoms with Crippen LogP contribution in [-0.2, 0) is 11.3 Å². The summed E-state index contributed by atoms with van der Waals surface area (Å²) in [4.78, 5) is 24.8. The molecule has 0 aromatic heterocycles. The van der Waals surface area contributed by atoms with Crippen molar-refractivity contribution >= 4 is 28.9 Å². The molecule has 2 aromatic rings. The fourth-order valence-electron chi connectivity index (χ4n) is 2.40. The van der Waals surface area contributed by atoms with Crippen LogP contribution in [0.1, 0.15) is 12.5 Å². The second-order valence-corrected chi connectivity index (χ2v) is 6.29. The fourth-order valence-corrected chi connectivity index (χ4v) is 2.62. The van der Waals surface area contributed by atoms with Crippen molar-refractivity contribution in [3.63, 3.8) is 0 Å². The van der Waals surface area contributed by atoms with Gasteiger partial charge in [0.15, 0.2) is 0 Å². The number of likely N-dealkylation sites (N-methyl/N-ethyl adjacent to an activating group) is 1. The lowest BCUT2D eigenvalue weighted by Gasteiger charge is -2.24. The van der Waals surface area contributed by atoms with Crippen molar-refractivity contribution in [3.05, 3.63) is 63.2 Å². The average Bonchev–Trinajstić information content (AvgIpc) is 2.60. The van der Waals surface area contributed by atoms with Gasteiger partial charge in [0.1, 0.15) is 5.75 Å². The van der Waals surface area contributed by atoms with Gasteiger partial charge < -0.3 is 10.1 Å². The molecule has 1 N–H and O–H groups in total. The summed E-state index contributed by atoms with van der Waals surface area (Å²) in [5, 5.41) is 14.3. The molecular formula is C18H20ClN3O4. The zero-order chi connectivity index (χ0) is 19.3. The number of carbonyl (C=O) groups is 1. The van der Waals surface area contributed by atoms with Crippen molar-refractivity contribution in [2.45, 2.75) is 19.5 Å². The van der Waals surface area contributed by atoms with Gasteiger partial charge in [-0.1, -0.05) is 23.7 Å². The van der Waals surface area contributed by atoms with Crippen molar-refractivity contribution in [1.82, 2.24) is 4.90 Å². The predicted molar refractivity (Wildman–Crippen MR) is 101 cm³/mol. The zero-order valence-electron chi connectivity index (χ0n) is 14.7. The van der Waals surface area contributed by atoms with Gasteiger partial charge in [-0.15, -0.1) is 0 Å². The van der Waals surface area contributed by atoms with Crippen molar-refractivity contribution in [2.24, 2.45) is 0 Å². The molecule has 1 atom stereocenters. The Morgan fingerprint density at radius 3 is 2.69 bits per heavy atom. The molecule has 0 fully saturated rings. The molecule has 26 heavy (non-hydrogen) atoms. The monoisotopic (exact) mass is 377 g/mol. The van der Waals surface area contributed by atoms with E-state index in [1.165, 1.54) is 25.3 Å². The van der Waals surface area contributed by atoms with Crippen LogP contribution in [0.5, 0.6) is 5.75 Å². The second kappa shape index (κ2) is 8.64. The Balaban J connectivity index is 2.10. The highest BCUT2D eigenvalue weighted by Gasteiger charge is 2.21. The number of methoxy groups -OCH3 is 1. The number of benzene rings is 2. The minimum absolute atomic E-state index is 0.124. The average molecular weight is 378 g/mol. The number of nitro groups is 1. The van der Waals surface area contributed by atoms with Crippen LogP contribution in [0.25, 0.3) is 0 Å². The Kier molecular flexibility index (Phi) is 6.54. The molecule has 0 spiro atoms. The molecule has 2 rings (SSSR count). The van der Waals surface area contributed by atoms with E-state index in [-0.39, 0.29) is 17.3 Å². The number of rotatable bonds is 7. The third-order valence-corrected chi connectivity index (χ3v) is 4.25. The Morgan fingerprint density at radius 2 is 2.08 bits per heavy atom. The van der Waals surface area contributed by atoms with Crippen LogP contribution in [-0.4, -0.2) is 35.9 Å². The summed E-state index contributed by atoms with van der Waals surface area (Å²) in [6, 6.07) is 11.0. The summed E-state index contributed by atoms with van der Waals surface area (Å²) in [5.74, 6) is 0.0574. The minimum atomic E-state index is -0.524. The van der Waals surface area contributed by atoms with E-state index in [9.17, 15) is 14.9 Å². The van der Waals surface area contributed by atoms with E-state index in [2.05, 4.69) is 5.32 Å². The first-order valence-corrected chi connectivity index (χ1v) is 8.27. The van der Waals surface area contributed by atoms with Crippen LogP contribution in [0.2, 0.25) is 5.02 Å². The number of nitro benzene ring substituents is 1. The van der Waals surface area contributed by atoms with Gasteiger partial charge in [0.2, 0.25) is 5.91 Å². The minimum Gasteiger partial charge on any atom is -0.495 e. The number of non-ortho nitro benzene ring substituents is 1. The molecule has 0 unspecified atom stereocenters. The molecule has 0 radical (unpaired) electrons. The van der Waals surface area contributed by atoms with Crippen LogP contribution in [0, 0.1) is 10.1 Å². The molecule has 0 saturated heterocycles. The topological polar surface area (TPSA) is 84.7 Å². The van der Waals surface area contributed by atoms with E-state index in [1.54, 1.807) is 13.0 Å². The number of nitrogens with one attached hydrogen (secondary N) is 1. The van der Waals surface area contributed by atoms with Gasteiger partial charge in [0.25, 0.3) is 5.69 Å². The zero-order valence-corrected chi connectivity index (χ0v) is 15.5. The van der Waals surface area contributed by atoms with Gasteiger partial charge in [-0.3, -0.25) is 19.8 Å². The maximum absolute atomic E-state index is 12.6. The highest BCUT2D eigenvalue weighted by molar-refractivity contribution is 6.30. The van der Waals surface area contributed by atoms with Crippen molar-refractivity contribution in [3.8, 4) is 5.75 Å². The van der Waals surface area contributed by atoms with Crippen molar-refractivity contribution in [2.75, 3.05) is 19.5 Å². The van der Waals surface area contributed by atoms with Crippen LogP contribution < -0.4 is 10.1 Å². The maximum atomic E-state index is 12.6. The van der Waals surface area contributed by atoms with Gasteiger partial charge in [-0.05, 0) is 37.7 Å². The van der Waals surface area contributed by atoms with E-state index in [4.69, 9.17) is 16.3 Å². The van der Waals surface area contributed by atoms with Gasteiger partial charge in [-0.2, -0.15) is 0 Å². The largest absolute Gasteiger partial charge is 0.495 e. The highest BCUT2D eigenvalue weighted by atomic mass is 35.5. The van der Waals surface area contributed by atoms with Gasteiger partial charge in [-0.25, -0.2) is 0 Å². The van der Waals surface area contributed by atoms with Crippen LogP contribution in [0.3, 0.4) is 0 Å². The molecule has 0 saturated carbocycles. The first-order valence-electron chi connectivity index (χ1n) is 7.89. The molecule has 7 nitrogen and oxygen atoms in total. The molecule has 0 heterocycles. The number of anilines is 1. The highest BCUT2D eigenvalue weighted by Crippen LogP contribution is 2.29. The molecule has 0 bridgehead atoms. The van der Waals surface area contributed by atoms with E-state index >= 15 is 0 Å². The lowest BCUT2D eigenvalue weighted by Crippen LogP contribution is -2.39. The first-order chi connectivity index (χ1) is 12.3. The number of carbonyl (C=O) groups excluding carboxylic acids is 1. The van der Waals surface area contributed by atoms with E-state index in [0.717, 1.165) is 5.56 Å². The molecule has 138 valence electrons. The SMILES string of the molecule is COc1ccc([N+](=O)[O-])cc1NC(=O)[C@@H](C)N(C)Cc1cccc(Cl)c1. The lowest BCUT2D eigenvalue weighted by molar-refractivity contribution is -0.384. The van der Waals surface area contributed by atoms with E-state index in [0.29, 0.717) is 17.3 Å². The summed E-state index contributed by atoms with van der Waals surface area (Å²) in [6.07, 6.45) is 0. The summed E-state index contributed by atoms with van der Waals surface area (Å²) < 4.78 is 5.16. The molecule has 2 aromatic carbocycles. The quantitative estimate of drug-likeness (QED) is 0.587. The van der Waals surface area contributed by atoms with Crippen LogP contribution in [0.15, 0.2) is 42.5 Å². The third kappa shape index (κ3) is 4.93. The Labute approximate surface area is 156 Å². The predicted octanol–water partition coefficient (Wildman–Crippen LogP) is 3.72. The summed E-state index contributed by atoms with van der Waals surface area (Å²) >= 11 is 5.98. The lowest BCUT2D eigenvalue weighted by atomic mass is 10.2. The molecule has 0 aliphatic rings. The molecule has 0 aliphatic carbocycles. The first kappa shape index (κ1) is 19.7. The Morgan fingerprint density at radius 1 is 1.35 bits per heavy atom. The van der Waals surface area contributed by atoms with Crippen LogP contribution in [0.4, 0.5) is 11.4 Å². The fraction of sp³-hybridized carbons (Fsp3) is 0.278. The Hall–Kier alpha value is -2.64. The van der Waals surface area contributed by atoms with Crippen LogP contribution >= 0.6 is 11.6 Å². The van der Waals surface area contributed by atoms with Crippen molar-refractivity contribution in [1.29, 1.82) is 0 Å². The van der Waals surface area contributed by atoms with Gasteiger partial charge in [0.05, 0.1) is 23.8 Å². The molecule has 1 amide bonds. The molecule has 8 heteroatoms. The summed E-state index contributed by atoms with van der Waals surface area (Å²) in [6.45, 7) is 2.28. The van der Waals surface area contributed by atoms with E-state index in [1.807, 2.05) is 30.1 Å². The maximum Gasteiger partial charge on any atom is 0.271 e. The number of hydrogen-bond acceptors (Lipinski definition) is 5. The number of ether oxygens (including phenoxy) is 1. The van der Waals surface area contributed by atoms with Gasteiger partial charge in [0, 0.05) is 23.7 Å². The molecule has 0 aliphatic heterocycles. The van der Waals surface area contributed by atoms with Gasteiger partial charge >= 0.3 is 0 Å². The molecular weight excluding hydrogens is 358 g/mol. The number of hydrogen-bond donors (Lipinski definition) is 1. The Bertz CT molecular complexity index is 813. The standard InChI is InChI=1S/C18H20ClN3O4/c1-12(21(2)11-13-5-4-6-14(19)9-13)18(23)20-16-10-15(22(24)25)7-8-17(16)26-3/h4-10,12H,11H2,1-3H3,(H,20,23)/t12-/m1/s1. The summed E-state index contributed by atoms with van der Waals surface area (Å²) in [5.41, 5.74) is 1.11. The number of halogens is 1. The van der Waals surface area contributed by atoms with E-state index < -0.39 is 11.0 Å².